The Balaban J connectivity index is 2.13. The van der Waals surface area contributed by atoms with E-state index in [9.17, 15) is 9.59 Å². The smallest absolute Gasteiger partial charge is 0.329 e. The maximum absolute atomic E-state index is 11.2. The van der Waals surface area contributed by atoms with Gasteiger partial charge in [0.15, 0.2) is 0 Å². The molecule has 0 heterocycles. The van der Waals surface area contributed by atoms with Crippen molar-refractivity contribution in [2.75, 3.05) is 13.2 Å². The normalized spacial score (nSPS) is 18.4. The van der Waals surface area contributed by atoms with Crippen molar-refractivity contribution in [3.05, 3.63) is 0 Å². The minimum Gasteiger partial charge on any atom is -0.480 e. The number of amides is 1. The summed E-state index contributed by atoms with van der Waals surface area (Å²) in [7, 11) is 0. The number of carbonyl (C=O) groups is 2. The first-order valence-corrected chi connectivity index (χ1v) is 4.62. The van der Waals surface area contributed by atoms with Gasteiger partial charge in [-0.05, 0) is 26.2 Å². The van der Waals surface area contributed by atoms with Gasteiger partial charge in [0, 0.05) is 5.54 Å². The fourth-order valence-corrected chi connectivity index (χ4v) is 1.44. The molecule has 0 spiro atoms. The molecule has 0 saturated heterocycles. The Labute approximate surface area is 82.4 Å². The fraction of sp³-hybridized carbons (Fsp3) is 0.778. The van der Waals surface area contributed by atoms with E-state index < -0.39 is 12.6 Å². The first-order chi connectivity index (χ1) is 6.52. The van der Waals surface area contributed by atoms with Crippen LogP contribution in [-0.2, 0) is 14.3 Å². The van der Waals surface area contributed by atoms with Crippen LogP contribution in [0.1, 0.15) is 26.2 Å². The van der Waals surface area contributed by atoms with Crippen LogP contribution in [0.25, 0.3) is 0 Å². The summed E-state index contributed by atoms with van der Waals surface area (Å²) in [6, 6.07) is 0. The monoisotopic (exact) mass is 201 g/mol. The van der Waals surface area contributed by atoms with Gasteiger partial charge < -0.3 is 15.2 Å². The van der Waals surface area contributed by atoms with Gasteiger partial charge in [-0.1, -0.05) is 0 Å². The molecule has 0 aromatic rings. The second kappa shape index (κ2) is 4.41. The van der Waals surface area contributed by atoms with Crippen LogP contribution in [0.4, 0.5) is 0 Å². The summed E-state index contributed by atoms with van der Waals surface area (Å²) >= 11 is 0. The van der Waals surface area contributed by atoms with Crippen molar-refractivity contribution in [3.63, 3.8) is 0 Å². The minimum atomic E-state index is -1.06. The number of aliphatic carboxylic acids is 1. The molecule has 80 valence electrons. The van der Waals surface area contributed by atoms with E-state index in [1.54, 1.807) is 0 Å². The van der Waals surface area contributed by atoms with Crippen molar-refractivity contribution in [3.8, 4) is 0 Å². The summed E-state index contributed by atoms with van der Waals surface area (Å²) in [5.74, 6) is -1.30. The third-order valence-electron chi connectivity index (χ3n) is 2.36. The Morgan fingerprint density at radius 3 is 2.50 bits per heavy atom. The van der Waals surface area contributed by atoms with Gasteiger partial charge in [-0.25, -0.2) is 4.79 Å². The number of hydrogen-bond acceptors (Lipinski definition) is 3. The average molecular weight is 201 g/mol. The van der Waals surface area contributed by atoms with E-state index in [0.717, 1.165) is 19.3 Å². The molecular weight excluding hydrogens is 186 g/mol. The number of ether oxygens (including phenoxy) is 1. The van der Waals surface area contributed by atoms with Gasteiger partial charge in [0.2, 0.25) is 5.91 Å². The molecule has 5 nitrogen and oxygen atoms in total. The molecule has 2 N–H and O–H groups in total. The second-order valence-electron chi connectivity index (χ2n) is 3.85. The van der Waals surface area contributed by atoms with Crippen molar-refractivity contribution in [1.29, 1.82) is 0 Å². The topological polar surface area (TPSA) is 75.6 Å². The highest BCUT2D eigenvalue weighted by atomic mass is 16.5. The van der Waals surface area contributed by atoms with Crippen LogP contribution in [0.5, 0.6) is 0 Å². The standard InChI is InChI=1S/C9H15NO4/c1-9(3-2-4-9)10-7(11)5-14-6-8(12)13/h2-6H2,1H3,(H,10,11)(H,12,13). The van der Waals surface area contributed by atoms with Gasteiger partial charge in [0.1, 0.15) is 13.2 Å². The van der Waals surface area contributed by atoms with Crippen LogP contribution in [0.3, 0.4) is 0 Å². The van der Waals surface area contributed by atoms with E-state index in [-0.39, 0.29) is 18.1 Å². The summed E-state index contributed by atoms with van der Waals surface area (Å²) in [4.78, 5) is 21.3. The number of carbonyl (C=O) groups excluding carboxylic acids is 1. The number of carboxylic acids is 1. The highest BCUT2D eigenvalue weighted by Crippen LogP contribution is 2.30. The van der Waals surface area contributed by atoms with Gasteiger partial charge in [-0.3, -0.25) is 4.79 Å². The molecule has 1 fully saturated rings. The van der Waals surface area contributed by atoms with Crippen molar-refractivity contribution in [1.82, 2.24) is 5.32 Å². The first kappa shape index (κ1) is 11.0. The molecule has 1 aliphatic rings. The SMILES string of the molecule is CC1(NC(=O)COCC(=O)O)CCC1. The molecule has 0 aromatic heterocycles. The molecule has 0 bridgehead atoms. The average Bonchev–Trinajstić information content (AvgIpc) is 2.00. The molecule has 0 atom stereocenters. The maximum Gasteiger partial charge on any atom is 0.329 e. The van der Waals surface area contributed by atoms with Crippen LogP contribution in [0.2, 0.25) is 0 Å². The zero-order valence-corrected chi connectivity index (χ0v) is 8.21. The second-order valence-corrected chi connectivity index (χ2v) is 3.85. The molecule has 0 radical (unpaired) electrons. The van der Waals surface area contributed by atoms with Gasteiger partial charge in [-0.15, -0.1) is 0 Å². The van der Waals surface area contributed by atoms with Gasteiger partial charge in [0.25, 0.3) is 0 Å². The maximum atomic E-state index is 11.2. The Bertz CT molecular complexity index is 235. The molecule has 1 saturated carbocycles. The van der Waals surface area contributed by atoms with Crippen LogP contribution in [-0.4, -0.2) is 35.7 Å². The third-order valence-corrected chi connectivity index (χ3v) is 2.36. The van der Waals surface area contributed by atoms with Gasteiger partial charge >= 0.3 is 5.97 Å². The molecule has 5 heteroatoms. The quantitative estimate of drug-likeness (QED) is 0.663. The summed E-state index contributed by atoms with van der Waals surface area (Å²) in [5, 5.41) is 11.1. The lowest BCUT2D eigenvalue weighted by Gasteiger charge is -2.39. The number of nitrogens with one attached hydrogen (secondary N) is 1. The minimum absolute atomic E-state index is 0.0936. The van der Waals surface area contributed by atoms with Crippen LogP contribution >= 0.6 is 0 Å². The summed E-state index contributed by atoms with van der Waals surface area (Å²) in [6.45, 7) is 1.37. The largest absolute Gasteiger partial charge is 0.480 e. The first-order valence-electron chi connectivity index (χ1n) is 4.62. The Morgan fingerprint density at radius 2 is 2.07 bits per heavy atom. The van der Waals surface area contributed by atoms with Gasteiger partial charge in [0.05, 0.1) is 0 Å². The van der Waals surface area contributed by atoms with Crippen molar-refractivity contribution in [2.24, 2.45) is 0 Å². The van der Waals surface area contributed by atoms with Crippen molar-refractivity contribution < 1.29 is 19.4 Å². The molecule has 14 heavy (non-hydrogen) atoms. The summed E-state index contributed by atoms with van der Waals surface area (Å²) < 4.78 is 4.66. The lowest BCUT2D eigenvalue weighted by atomic mass is 9.78. The third kappa shape index (κ3) is 3.33. The zero-order chi connectivity index (χ0) is 10.6. The van der Waals surface area contributed by atoms with Crippen LogP contribution in [0.15, 0.2) is 0 Å². The Kier molecular flexibility index (Phi) is 3.46. The summed E-state index contributed by atoms with van der Waals surface area (Å²) in [6.07, 6.45) is 3.10. The molecule has 0 unspecified atom stereocenters. The number of carboxylic acid groups (broad SMARTS) is 1. The molecule has 0 aliphatic heterocycles. The predicted molar refractivity (Wildman–Crippen MR) is 48.9 cm³/mol. The van der Waals surface area contributed by atoms with Crippen LogP contribution < -0.4 is 5.32 Å². The lowest BCUT2D eigenvalue weighted by molar-refractivity contribution is -0.144. The lowest BCUT2D eigenvalue weighted by Crippen LogP contribution is -2.52. The zero-order valence-electron chi connectivity index (χ0n) is 8.21. The Hall–Kier alpha value is -1.10. The van der Waals surface area contributed by atoms with Crippen molar-refractivity contribution >= 4 is 11.9 Å². The number of rotatable bonds is 5. The molecular formula is C9H15NO4. The van der Waals surface area contributed by atoms with Gasteiger partial charge in [-0.2, -0.15) is 0 Å². The van der Waals surface area contributed by atoms with Crippen molar-refractivity contribution in [2.45, 2.75) is 31.7 Å². The fourth-order valence-electron chi connectivity index (χ4n) is 1.44. The van der Waals surface area contributed by atoms with E-state index in [1.165, 1.54) is 0 Å². The predicted octanol–water partition coefficient (Wildman–Crippen LogP) is 0.146. The molecule has 1 rings (SSSR count). The van der Waals surface area contributed by atoms with E-state index in [0.29, 0.717) is 0 Å². The summed E-state index contributed by atoms with van der Waals surface area (Å²) in [5.41, 5.74) is -0.0936. The van der Waals surface area contributed by atoms with E-state index in [4.69, 9.17) is 5.11 Å². The van der Waals surface area contributed by atoms with E-state index >= 15 is 0 Å². The molecule has 1 aliphatic carbocycles. The number of hydrogen-bond donors (Lipinski definition) is 2. The van der Waals surface area contributed by atoms with E-state index in [2.05, 4.69) is 10.1 Å². The highest BCUT2D eigenvalue weighted by Gasteiger charge is 2.32. The highest BCUT2D eigenvalue weighted by molar-refractivity contribution is 5.78. The molecule has 1 amide bonds. The Morgan fingerprint density at radius 1 is 1.43 bits per heavy atom. The van der Waals surface area contributed by atoms with E-state index in [1.807, 2.05) is 6.92 Å². The molecule has 0 aromatic carbocycles. The van der Waals surface area contributed by atoms with Crippen LogP contribution in [0, 0.1) is 0 Å².